The first-order chi connectivity index (χ1) is 14.8. The molecule has 1 N–H and O–H groups in total. The van der Waals surface area contributed by atoms with Crippen molar-refractivity contribution < 1.29 is 22.3 Å². The summed E-state index contributed by atoms with van der Waals surface area (Å²) in [5.74, 6) is -0.0258. The monoisotopic (exact) mass is 443 g/mol. The number of halogens is 1. The van der Waals surface area contributed by atoms with E-state index in [4.69, 9.17) is 4.74 Å². The Labute approximate surface area is 179 Å². The molecule has 1 amide bonds. The van der Waals surface area contributed by atoms with E-state index >= 15 is 0 Å². The average molecular weight is 444 g/mol. The van der Waals surface area contributed by atoms with Gasteiger partial charge in [0.25, 0.3) is 5.91 Å². The van der Waals surface area contributed by atoms with Crippen LogP contribution in [0.15, 0.2) is 59.6 Å². The van der Waals surface area contributed by atoms with Crippen LogP contribution in [0.3, 0.4) is 0 Å². The number of rotatable bonds is 6. The van der Waals surface area contributed by atoms with Crippen molar-refractivity contribution in [1.29, 1.82) is 0 Å². The summed E-state index contributed by atoms with van der Waals surface area (Å²) < 4.78 is 42.7. The van der Waals surface area contributed by atoms with Crippen LogP contribution in [0.2, 0.25) is 0 Å². The molecule has 162 valence electrons. The van der Waals surface area contributed by atoms with Gasteiger partial charge in [-0.05, 0) is 42.3 Å². The van der Waals surface area contributed by atoms with Gasteiger partial charge in [0.15, 0.2) is 9.84 Å². The molecule has 0 radical (unpaired) electrons. The quantitative estimate of drug-likeness (QED) is 0.632. The van der Waals surface area contributed by atoms with Gasteiger partial charge in [-0.15, -0.1) is 0 Å². The lowest BCUT2D eigenvalue weighted by molar-refractivity contribution is 0.0790. The normalized spacial score (nSPS) is 16.5. The summed E-state index contributed by atoms with van der Waals surface area (Å²) in [6, 6.07) is 12.9. The van der Waals surface area contributed by atoms with E-state index in [0.717, 1.165) is 11.8 Å². The van der Waals surface area contributed by atoms with Gasteiger partial charge in [0, 0.05) is 30.8 Å². The van der Waals surface area contributed by atoms with E-state index in [1.165, 1.54) is 18.3 Å². The number of aromatic nitrogens is 2. The van der Waals surface area contributed by atoms with Crippen LogP contribution in [0.25, 0.3) is 0 Å². The fourth-order valence-corrected chi connectivity index (χ4v) is 4.56. The Morgan fingerprint density at radius 3 is 2.77 bits per heavy atom. The van der Waals surface area contributed by atoms with Crippen LogP contribution in [0.1, 0.15) is 34.0 Å². The van der Waals surface area contributed by atoms with Crippen LogP contribution < -0.4 is 4.74 Å². The summed E-state index contributed by atoms with van der Waals surface area (Å²) in [5, 5.41) is 6.67. The van der Waals surface area contributed by atoms with Gasteiger partial charge in [0.05, 0.1) is 11.9 Å². The number of aromatic amines is 1. The van der Waals surface area contributed by atoms with Crippen molar-refractivity contribution in [2.45, 2.75) is 23.8 Å². The van der Waals surface area contributed by atoms with Gasteiger partial charge < -0.3 is 9.64 Å². The molecule has 0 aliphatic carbocycles. The smallest absolute Gasteiger partial charge is 0.254 e. The topological polar surface area (TPSA) is 92.4 Å². The van der Waals surface area contributed by atoms with Crippen molar-refractivity contribution in [2.75, 3.05) is 19.3 Å². The minimum absolute atomic E-state index is 0.117. The number of likely N-dealkylation sites (tertiary alicyclic amines) is 1. The Morgan fingerprint density at radius 1 is 1.26 bits per heavy atom. The molecule has 1 atom stereocenters. The molecule has 9 heteroatoms. The second-order valence-corrected chi connectivity index (χ2v) is 9.58. The minimum Gasteiger partial charge on any atom is -0.489 e. The first kappa shape index (κ1) is 21.0. The number of amides is 1. The lowest BCUT2D eigenvalue weighted by Gasteiger charge is -2.17. The van der Waals surface area contributed by atoms with E-state index in [0.29, 0.717) is 36.5 Å². The van der Waals surface area contributed by atoms with Crippen molar-refractivity contribution >= 4 is 15.7 Å². The highest BCUT2D eigenvalue weighted by molar-refractivity contribution is 7.90. The standard InChI is InChI=1S/C22H22FN3O4S/c1-31(28,29)20-12-24-25-21(20)17-9-10-26(13-17)22(27)16-3-2-4-19(11-16)30-14-15-5-7-18(23)8-6-15/h2-8,11-12,17H,9-10,13-14H2,1H3,(H,24,25). The zero-order valence-corrected chi connectivity index (χ0v) is 17.7. The highest BCUT2D eigenvalue weighted by Gasteiger charge is 2.32. The van der Waals surface area contributed by atoms with E-state index in [1.54, 1.807) is 41.3 Å². The number of nitrogens with one attached hydrogen (secondary N) is 1. The van der Waals surface area contributed by atoms with Crippen LogP contribution in [-0.4, -0.2) is 48.8 Å². The third kappa shape index (κ3) is 4.77. The highest BCUT2D eigenvalue weighted by atomic mass is 32.2. The number of ether oxygens (including phenoxy) is 1. The Balaban J connectivity index is 1.43. The average Bonchev–Trinajstić information content (AvgIpc) is 3.42. The molecule has 7 nitrogen and oxygen atoms in total. The van der Waals surface area contributed by atoms with Crippen LogP contribution in [0.4, 0.5) is 4.39 Å². The molecule has 2 heterocycles. The van der Waals surface area contributed by atoms with Gasteiger partial charge in [-0.1, -0.05) is 18.2 Å². The molecule has 0 saturated carbocycles. The van der Waals surface area contributed by atoms with Gasteiger partial charge in [0.1, 0.15) is 23.1 Å². The zero-order chi connectivity index (χ0) is 22.0. The van der Waals surface area contributed by atoms with E-state index in [1.807, 2.05) is 0 Å². The van der Waals surface area contributed by atoms with Crippen LogP contribution in [-0.2, 0) is 16.4 Å². The van der Waals surface area contributed by atoms with Crippen LogP contribution >= 0.6 is 0 Å². The highest BCUT2D eigenvalue weighted by Crippen LogP contribution is 2.31. The molecule has 2 aromatic carbocycles. The van der Waals surface area contributed by atoms with E-state index in [2.05, 4.69) is 10.2 Å². The van der Waals surface area contributed by atoms with Crippen molar-refractivity contribution in [2.24, 2.45) is 0 Å². The number of sulfone groups is 1. The van der Waals surface area contributed by atoms with Gasteiger partial charge in [0.2, 0.25) is 0 Å². The summed E-state index contributed by atoms with van der Waals surface area (Å²) in [5.41, 5.74) is 1.86. The summed E-state index contributed by atoms with van der Waals surface area (Å²) in [4.78, 5) is 14.9. The molecule has 1 fully saturated rings. The first-order valence-corrected chi connectivity index (χ1v) is 11.7. The predicted molar refractivity (Wildman–Crippen MR) is 112 cm³/mol. The predicted octanol–water partition coefficient (Wildman–Crippen LogP) is 3.16. The lowest BCUT2D eigenvalue weighted by atomic mass is 10.1. The fourth-order valence-electron chi connectivity index (χ4n) is 3.70. The zero-order valence-electron chi connectivity index (χ0n) is 16.9. The number of carbonyl (C=O) groups excluding carboxylic acids is 1. The molecule has 1 saturated heterocycles. The third-order valence-electron chi connectivity index (χ3n) is 5.32. The van der Waals surface area contributed by atoms with Gasteiger partial charge in [-0.2, -0.15) is 5.10 Å². The Hall–Kier alpha value is -3.20. The van der Waals surface area contributed by atoms with Gasteiger partial charge >= 0.3 is 0 Å². The maximum atomic E-state index is 13.0. The van der Waals surface area contributed by atoms with Crippen molar-refractivity contribution in [1.82, 2.24) is 15.1 Å². The summed E-state index contributed by atoms with van der Waals surface area (Å²) in [6.07, 6.45) is 3.12. The van der Waals surface area contributed by atoms with Crippen LogP contribution in [0.5, 0.6) is 5.75 Å². The summed E-state index contributed by atoms with van der Waals surface area (Å²) in [6.45, 7) is 1.19. The molecule has 0 spiro atoms. The largest absolute Gasteiger partial charge is 0.489 e. The van der Waals surface area contributed by atoms with E-state index in [9.17, 15) is 17.6 Å². The third-order valence-corrected chi connectivity index (χ3v) is 6.44. The molecule has 1 aliphatic rings. The SMILES string of the molecule is CS(=O)(=O)c1cn[nH]c1C1CCN(C(=O)c2cccc(OCc3ccc(F)cc3)c2)C1. The Bertz CT molecular complexity index is 1190. The van der Waals surface area contributed by atoms with Crippen LogP contribution in [0, 0.1) is 5.82 Å². The maximum Gasteiger partial charge on any atom is 0.254 e. The van der Waals surface area contributed by atoms with Gasteiger partial charge in [-0.25, -0.2) is 12.8 Å². The molecule has 1 aromatic heterocycles. The molecular weight excluding hydrogens is 421 g/mol. The first-order valence-electron chi connectivity index (χ1n) is 9.81. The van der Waals surface area contributed by atoms with Gasteiger partial charge in [-0.3, -0.25) is 9.89 Å². The molecule has 0 bridgehead atoms. The Kier molecular flexibility index (Phi) is 5.77. The minimum atomic E-state index is -3.39. The van der Waals surface area contributed by atoms with Crippen molar-refractivity contribution in [3.63, 3.8) is 0 Å². The molecule has 1 aliphatic heterocycles. The molecular formula is C22H22FN3O4S. The molecule has 4 rings (SSSR count). The molecule has 1 unspecified atom stereocenters. The molecule has 3 aromatic rings. The summed E-state index contributed by atoms with van der Waals surface area (Å²) >= 11 is 0. The summed E-state index contributed by atoms with van der Waals surface area (Å²) in [7, 11) is -3.39. The lowest BCUT2D eigenvalue weighted by Crippen LogP contribution is -2.28. The number of benzene rings is 2. The second-order valence-electron chi connectivity index (χ2n) is 7.60. The number of hydrogen-bond donors (Lipinski definition) is 1. The van der Waals surface area contributed by atoms with E-state index in [-0.39, 0.29) is 29.1 Å². The second kappa shape index (κ2) is 8.50. The number of carbonyl (C=O) groups is 1. The van der Waals surface area contributed by atoms with Crippen molar-refractivity contribution in [3.05, 3.63) is 77.4 Å². The van der Waals surface area contributed by atoms with E-state index < -0.39 is 9.84 Å². The van der Waals surface area contributed by atoms with Crippen molar-refractivity contribution in [3.8, 4) is 5.75 Å². The number of nitrogens with zero attached hydrogens (tertiary/aromatic N) is 2. The number of hydrogen-bond acceptors (Lipinski definition) is 5. The Morgan fingerprint density at radius 2 is 2.03 bits per heavy atom. The molecule has 31 heavy (non-hydrogen) atoms. The maximum absolute atomic E-state index is 13.0. The number of H-pyrrole nitrogens is 1. The fraction of sp³-hybridized carbons (Fsp3) is 0.273.